The molecule has 0 aromatic heterocycles. The molecule has 0 aromatic rings. The predicted molar refractivity (Wildman–Crippen MR) is 65.3 cm³/mol. The monoisotopic (exact) mass is 215 g/mol. The zero-order chi connectivity index (χ0) is 12.1. The lowest BCUT2D eigenvalue weighted by Crippen LogP contribution is -2.44. The summed E-state index contributed by atoms with van der Waals surface area (Å²) in [6, 6.07) is 0. The van der Waals surface area contributed by atoms with Crippen LogP contribution in [0.15, 0.2) is 4.99 Å². The second-order valence-electron chi connectivity index (χ2n) is 4.91. The van der Waals surface area contributed by atoms with Crippen LogP contribution in [0, 0.1) is 5.41 Å². The van der Waals surface area contributed by atoms with E-state index in [-0.39, 0.29) is 11.5 Å². The Bertz CT molecular complexity index is 206. The van der Waals surface area contributed by atoms with Gasteiger partial charge >= 0.3 is 0 Å². The van der Waals surface area contributed by atoms with Crippen molar-refractivity contribution in [2.75, 3.05) is 34.8 Å². The number of aliphatic imine (C=N–C) groups is 1. The topological polar surface area (TPSA) is 36.9 Å². The molecule has 0 heterocycles. The van der Waals surface area contributed by atoms with Gasteiger partial charge in [-0.05, 0) is 5.41 Å². The average Bonchev–Trinajstić information content (AvgIpc) is 2.09. The number of methoxy groups -OCH3 is 1. The summed E-state index contributed by atoms with van der Waals surface area (Å²) in [5.41, 5.74) is 0.132. The van der Waals surface area contributed by atoms with Crippen molar-refractivity contribution in [3.05, 3.63) is 0 Å². The Hall–Kier alpha value is -0.770. The lowest BCUT2D eigenvalue weighted by atomic mass is 9.89. The second kappa shape index (κ2) is 5.95. The summed E-state index contributed by atoms with van der Waals surface area (Å²) in [5.74, 6) is 0.876. The quantitative estimate of drug-likeness (QED) is 0.567. The van der Waals surface area contributed by atoms with Crippen molar-refractivity contribution >= 4 is 5.96 Å². The van der Waals surface area contributed by atoms with Gasteiger partial charge in [0.15, 0.2) is 5.96 Å². The third-order valence-electron chi connectivity index (χ3n) is 2.33. The zero-order valence-electron chi connectivity index (χ0n) is 11.1. The third-order valence-corrected chi connectivity index (χ3v) is 2.33. The van der Waals surface area contributed by atoms with Crippen LogP contribution < -0.4 is 5.32 Å². The summed E-state index contributed by atoms with van der Waals surface area (Å²) in [6.45, 7) is 7.27. The maximum absolute atomic E-state index is 5.45. The van der Waals surface area contributed by atoms with Gasteiger partial charge in [0, 0.05) is 34.8 Å². The van der Waals surface area contributed by atoms with Crippen LogP contribution in [0.1, 0.15) is 20.8 Å². The van der Waals surface area contributed by atoms with Crippen LogP contribution in [-0.4, -0.2) is 51.8 Å². The fraction of sp³-hybridized carbons (Fsp3) is 0.909. The van der Waals surface area contributed by atoms with Crippen molar-refractivity contribution in [3.63, 3.8) is 0 Å². The number of nitrogens with one attached hydrogen (secondary N) is 1. The predicted octanol–water partition coefficient (Wildman–Crippen LogP) is 1.18. The Morgan fingerprint density at radius 2 is 1.93 bits per heavy atom. The zero-order valence-corrected chi connectivity index (χ0v) is 11.1. The van der Waals surface area contributed by atoms with Gasteiger partial charge in [-0.1, -0.05) is 20.8 Å². The van der Waals surface area contributed by atoms with Crippen molar-refractivity contribution in [2.24, 2.45) is 10.4 Å². The Labute approximate surface area is 93.7 Å². The molecule has 0 spiro atoms. The van der Waals surface area contributed by atoms with Crippen molar-refractivity contribution in [3.8, 4) is 0 Å². The first-order chi connectivity index (χ1) is 6.82. The molecule has 0 fully saturated rings. The highest BCUT2D eigenvalue weighted by atomic mass is 16.5. The van der Waals surface area contributed by atoms with Gasteiger partial charge in [-0.3, -0.25) is 4.99 Å². The van der Waals surface area contributed by atoms with Gasteiger partial charge in [0.05, 0.1) is 6.10 Å². The fourth-order valence-electron chi connectivity index (χ4n) is 1.36. The minimum atomic E-state index is 0.132. The average molecular weight is 215 g/mol. The highest BCUT2D eigenvalue weighted by molar-refractivity contribution is 5.79. The van der Waals surface area contributed by atoms with Gasteiger partial charge in [-0.25, -0.2) is 0 Å². The van der Waals surface area contributed by atoms with E-state index in [9.17, 15) is 0 Å². The van der Waals surface area contributed by atoms with Crippen LogP contribution in [0.4, 0.5) is 0 Å². The Morgan fingerprint density at radius 1 is 1.40 bits per heavy atom. The lowest BCUT2D eigenvalue weighted by Gasteiger charge is -2.30. The van der Waals surface area contributed by atoms with E-state index in [0.29, 0.717) is 0 Å². The molecule has 1 N–H and O–H groups in total. The first-order valence-electron chi connectivity index (χ1n) is 5.23. The minimum absolute atomic E-state index is 0.132. The van der Waals surface area contributed by atoms with Crippen LogP contribution >= 0.6 is 0 Å². The Kier molecular flexibility index (Phi) is 5.65. The summed E-state index contributed by atoms with van der Waals surface area (Å²) in [7, 11) is 7.46. The van der Waals surface area contributed by atoms with Crippen LogP contribution in [0.5, 0.6) is 0 Å². The highest BCUT2D eigenvalue weighted by Gasteiger charge is 2.24. The normalized spacial score (nSPS) is 15.0. The molecule has 0 amide bonds. The minimum Gasteiger partial charge on any atom is -0.379 e. The highest BCUT2D eigenvalue weighted by Crippen LogP contribution is 2.20. The van der Waals surface area contributed by atoms with Gasteiger partial charge in [0.1, 0.15) is 0 Å². The summed E-state index contributed by atoms with van der Waals surface area (Å²) >= 11 is 0. The van der Waals surface area contributed by atoms with E-state index in [4.69, 9.17) is 4.74 Å². The number of nitrogens with zero attached hydrogens (tertiary/aromatic N) is 2. The molecule has 0 aromatic carbocycles. The summed E-state index contributed by atoms with van der Waals surface area (Å²) in [5, 5.41) is 3.28. The second-order valence-corrected chi connectivity index (χ2v) is 4.91. The fourth-order valence-corrected chi connectivity index (χ4v) is 1.36. The Morgan fingerprint density at radius 3 is 2.20 bits per heavy atom. The molecule has 0 aliphatic heterocycles. The van der Waals surface area contributed by atoms with Gasteiger partial charge < -0.3 is 15.0 Å². The number of ether oxygens (including phenoxy) is 1. The molecule has 0 bridgehead atoms. The van der Waals surface area contributed by atoms with E-state index in [0.717, 1.165) is 12.5 Å². The lowest BCUT2D eigenvalue weighted by molar-refractivity contribution is 0.0202. The third kappa shape index (κ3) is 5.02. The largest absolute Gasteiger partial charge is 0.379 e. The van der Waals surface area contributed by atoms with Gasteiger partial charge in [0.25, 0.3) is 0 Å². The molecule has 4 nitrogen and oxygen atoms in total. The molecule has 0 saturated carbocycles. The van der Waals surface area contributed by atoms with E-state index in [1.807, 2.05) is 19.0 Å². The van der Waals surface area contributed by atoms with Crippen LogP contribution in [-0.2, 0) is 4.74 Å². The standard InChI is InChI=1S/C11H25N3O/c1-11(2,3)9(15-7)8-13-10(12-4)14(5)6/h9H,8H2,1-7H3,(H,12,13). The number of hydrogen-bond donors (Lipinski definition) is 1. The molecule has 15 heavy (non-hydrogen) atoms. The smallest absolute Gasteiger partial charge is 0.193 e. The molecule has 0 aliphatic rings. The van der Waals surface area contributed by atoms with E-state index in [1.165, 1.54) is 0 Å². The molecule has 4 heteroatoms. The molecule has 1 unspecified atom stereocenters. The van der Waals surface area contributed by atoms with E-state index in [1.54, 1.807) is 14.2 Å². The van der Waals surface area contributed by atoms with Crippen LogP contribution in [0.25, 0.3) is 0 Å². The van der Waals surface area contributed by atoms with Crippen molar-refractivity contribution in [1.82, 2.24) is 10.2 Å². The van der Waals surface area contributed by atoms with Crippen LogP contribution in [0.3, 0.4) is 0 Å². The van der Waals surface area contributed by atoms with E-state index < -0.39 is 0 Å². The molecule has 0 radical (unpaired) electrons. The number of hydrogen-bond acceptors (Lipinski definition) is 2. The molecule has 1 atom stereocenters. The first-order valence-corrected chi connectivity index (χ1v) is 5.23. The molecule has 0 aliphatic carbocycles. The Balaban J connectivity index is 4.24. The molecular formula is C11H25N3O. The van der Waals surface area contributed by atoms with Gasteiger partial charge in [0.2, 0.25) is 0 Å². The van der Waals surface area contributed by atoms with Crippen molar-refractivity contribution < 1.29 is 4.74 Å². The summed E-state index contributed by atoms with van der Waals surface area (Å²) in [6.07, 6.45) is 0.175. The van der Waals surface area contributed by atoms with Gasteiger partial charge in [-0.2, -0.15) is 0 Å². The van der Waals surface area contributed by atoms with E-state index >= 15 is 0 Å². The maximum Gasteiger partial charge on any atom is 0.193 e. The molecule has 0 rings (SSSR count). The maximum atomic E-state index is 5.45. The summed E-state index contributed by atoms with van der Waals surface area (Å²) < 4.78 is 5.45. The number of rotatable bonds is 3. The molecule has 0 saturated heterocycles. The van der Waals surface area contributed by atoms with Crippen LogP contribution in [0.2, 0.25) is 0 Å². The van der Waals surface area contributed by atoms with E-state index in [2.05, 4.69) is 31.1 Å². The van der Waals surface area contributed by atoms with Crippen molar-refractivity contribution in [1.29, 1.82) is 0 Å². The van der Waals surface area contributed by atoms with Gasteiger partial charge in [-0.15, -0.1) is 0 Å². The molecule has 90 valence electrons. The summed E-state index contributed by atoms with van der Waals surface area (Å²) in [4.78, 5) is 6.11. The molecular weight excluding hydrogens is 190 g/mol. The first kappa shape index (κ1) is 14.2. The SMILES string of the molecule is CN=C(NCC(OC)C(C)(C)C)N(C)C. The van der Waals surface area contributed by atoms with Crippen molar-refractivity contribution in [2.45, 2.75) is 26.9 Å². The number of guanidine groups is 1.